The third kappa shape index (κ3) is 2.02. The summed E-state index contributed by atoms with van der Waals surface area (Å²) in [6, 6.07) is 5.68. The average molecular weight is 249 g/mol. The summed E-state index contributed by atoms with van der Waals surface area (Å²) >= 11 is 0. The number of carboxylic acid groups (broad SMARTS) is 1. The third-order valence-electron chi connectivity index (χ3n) is 2.84. The summed E-state index contributed by atoms with van der Waals surface area (Å²) < 4.78 is 5.04. The number of aryl methyl sites for hydroxylation is 1. The zero-order valence-electron chi connectivity index (χ0n) is 10.5. The number of imidazole rings is 1. The molecule has 1 atom stereocenters. The number of fused-ring (bicyclic) bond motifs is 1. The van der Waals surface area contributed by atoms with E-state index in [0.717, 1.165) is 21.5 Å². The molecule has 1 amide bonds. The standard InChI is InChI=1S/C12H15N3O3/c1-7-5-4-6-9-10(7)14-11(13-9)15(12(16)17)8(2)18-3/h4-6,8H,1-3H3,(H,13,14)(H,16,17). The van der Waals surface area contributed by atoms with Gasteiger partial charge in [0.2, 0.25) is 5.95 Å². The van der Waals surface area contributed by atoms with Gasteiger partial charge in [-0.2, -0.15) is 0 Å². The summed E-state index contributed by atoms with van der Waals surface area (Å²) in [5.41, 5.74) is 2.56. The van der Waals surface area contributed by atoms with Crippen LogP contribution >= 0.6 is 0 Å². The zero-order valence-corrected chi connectivity index (χ0v) is 10.5. The Morgan fingerprint density at radius 1 is 1.56 bits per heavy atom. The van der Waals surface area contributed by atoms with Gasteiger partial charge in [0.25, 0.3) is 0 Å². The van der Waals surface area contributed by atoms with Gasteiger partial charge in [-0.3, -0.25) is 0 Å². The van der Waals surface area contributed by atoms with Crippen molar-refractivity contribution in [3.05, 3.63) is 23.8 Å². The molecule has 96 valence electrons. The lowest BCUT2D eigenvalue weighted by Crippen LogP contribution is -2.39. The van der Waals surface area contributed by atoms with Crippen LogP contribution in [0.1, 0.15) is 12.5 Å². The molecule has 0 saturated carbocycles. The molecule has 0 bridgehead atoms. The number of hydrogen-bond donors (Lipinski definition) is 2. The molecule has 0 radical (unpaired) electrons. The number of methoxy groups -OCH3 is 1. The van der Waals surface area contributed by atoms with Gasteiger partial charge in [0.15, 0.2) is 0 Å². The Kier molecular flexibility index (Phi) is 3.20. The van der Waals surface area contributed by atoms with E-state index in [-0.39, 0.29) is 5.95 Å². The Morgan fingerprint density at radius 2 is 2.28 bits per heavy atom. The Hall–Kier alpha value is -2.08. The molecule has 1 heterocycles. The van der Waals surface area contributed by atoms with E-state index in [1.165, 1.54) is 7.11 Å². The zero-order chi connectivity index (χ0) is 13.3. The summed E-state index contributed by atoms with van der Waals surface area (Å²) in [5.74, 6) is 0.265. The summed E-state index contributed by atoms with van der Waals surface area (Å²) in [5, 5.41) is 9.21. The van der Waals surface area contributed by atoms with Crippen LogP contribution in [-0.2, 0) is 4.74 Å². The summed E-state index contributed by atoms with van der Waals surface area (Å²) in [4.78, 5) is 19.6. The number of nitrogens with one attached hydrogen (secondary N) is 1. The van der Waals surface area contributed by atoms with Crippen LogP contribution in [0.5, 0.6) is 0 Å². The van der Waals surface area contributed by atoms with Crippen molar-refractivity contribution in [2.24, 2.45) is 0 Å². The van der Waals surface area contributed by atoms with Gasteiger partial charge < -0.3 is 14.8 Å². The van der Waals surface area contributed by atoms with Gasteiger partial charge >= 0.3 is 6.09 Å². The quantitative estimate of drug-likeness (QED) is 0.818. The molecule has 2 rings (SSSR count). The lowest BCUT2D eigenvalue weighted by molar-refractivity contribution is 0.107. The van der Waals surface area contributed by atoms with Crippen molar-refractivity contribution in [1.29, 1.82) is 0 Å². The second kappa shape index (κ2) is 4.66. The molecule has 18 heavy (non-hydrogen) atoms. The van der Waals surface area contributed by atoms with Gasteiger partial charge in [0.05, 0.1) is 11.0 Å². The molecule has 0 aliphatic rings. The first-order valence-corrected chi connectivity index (χ1v) is 5.55. The van der Waals surface area contributed by atoms with Crippen molar-refractivity contribution < 1.29 is 14.6 Å². The Morgan fingerprint density at radius 3 is 2.83 bits per heavy atom. The Balaban J connectivity index is 2.52. The van der Waals surface area contributed by atoms with E-state index in [4.69, 9.17) is 4.74 Å². The van der Waals surface area contributed by atoms with Gasteiger partial charge in [0, 0.05) is 7.11 Å². The highest BCUT2D eigenvalue weighted by Crippen LogP contribution is 2.21. The number of ether oxygens (including phenoxy) is 1. The number of nitrogens with zero attached hydrogens (tertiary/aromatic N) is 2. The lowest BCUT2D eigenvalue weighted by Gasteiger charge is -2.22. The highest BCUT2D eigenvalue weighted by atomic mass is 16.5. The second-order valence-electron chi connectivity index (χ2n) is 4.02. The minimum absolute atomic E-state index is 0.265. The molecule has 2 aromatic rings. The number of amides is 1. The lowest BCUT2D eigenvalue weighted by atomic mass is 10.2. The largest absolute Gasteiger partial charge is 0.465 e. The number of aromatic nitrogens is 2. The van der Waals surface area contributed by atoms with Crippen LogP contribution in [-0.4, -0.2) is 34.5 Å². The maximum Gasteiger partial charge on any atom is 0.416 e. The van der Waals surface area contributed by atoms with E-state index in [2.05, 4.69) is 9.97 Å². The molecular weight excluding hydrogens is 234 g/mol. The van der Waals surface area contributed by atoms with Gasteiger partial charge in [-0.15, -0.1) is 0 Å². The highest BCUT2D eigenvalue weighted by molar-refractivity contribution is 5.88. The van der Waals surface area contributed by atoms with Gasteiger partial charge in [-0.05, 0) is 25.5 Å². The predicted octanol–water partition coefficient (Wildman–Crippen LogP) is 2.35. The molecule has 1 aromatic heterocycles. The monoisotopic (exact) mass is 249 g/mol. The van der Waals surface area contributed by atoms with Crippen molar-refractivity contribution in [3.8, 4) is 0 Å². The molecule has 0 saturated heterocycles. The average Bonchev–Trinajstić information content (AvgIpc) is 2.73. The van der Waals surface area contributed by atoms with Crippen molar-refractivity contribution in [2.45, 2.75) is 20.1 Å². The number of hydrogen-bond acceptors (Lipinski definition) is 3. The fourth-order valence-corrected chi connectivity index (χ4v) is 1.80. The van der Waals surface area contributed by atoms with Crippen LogP contribution in [0.3, 0.4) is 0 Å². The van der Waals surface area contributed by atoms with E-state index in [0.29, 0.717) is 0 Å². The number of H-pyrrole nitrogens is 1. The smallest absolute Gasteiger partial charge is 0.416 e. The summed E-state index contributed by atoms with van der Waals surface area (Å²) in [6.45, 7) is 3.58. The maximum absolute atomic E-state index is 11.2. The molecular formula is C12H15N3O3. The first kappa shape index (κ1) is 12.4. The van der Waals surface area contributed by atoms with Crippen LogP contribution in [0.15, 0.2) is 18.2 Å². The van der Waals surface area contributed by atoms with Crippen LogP contribution in [0.2, 0.25) is 0 Å². The molecule has 0 aliphatic carbocycles. The van der Waals surface area contributed by atoms with Crippen LogP contribution < -0.4 is 4.90 Å². The van der Waals surface area contributed by atoms with Gasteiger partial charge in [-0.1, -0.05) is 12.1 Å². The fraction of sp³-hybridized carbons (Fsp3) is 0.333. The topological polar surface area (TPSA) is 78.4 Å². The molecule has 6 nitrogen and oxygen atoms in total. The number of aromatic amines is 1. The fourth-order valence-electron chi connectivity index (χ4n) is 1.80. The minimum Gasteiger partial charge on any atom is -0.465 e. The van der Waals surface area contributed by atoms with E-state index >= 15 is 0 Å². The van der Waals surface area contributed by atoms with Crippen LogP contribution in [0.25, 0.3) is 11.0 Å². The molecule has 2 N–H and O–H groups in total. The maximum atomic E-state index is 11.2. The van der Waals surface area contributed by atoms with Crippen LogP contribution in [0.4, 0.5) is 10.7 Å². The van der Waals surface area contributed by atoms with Gasteiger partial charge in [0.1, 0.15) is 6.23 Å². The van der Waals surface area contributed by atoms with Gasteiger partial charge in [-0.25, -0.2) is 14.7 Å². The van der Waals surface area contributed by atoms with Crippen molar-refractivity contribution in [2.75, 3.05) is 12.0 Å². The summed E-state index contributed by atoms with van der Waals surface area (Å²) in [7, 11) is 1.45. The Labute approximate surface area is 104 Å². The van der Waals surface area contributed by atoms with E-state index in [9.17, 15) is 9.90 Å². The number of rotatable bonds is 3. The Bertz CT molecular complexity index is 579. The number of para-hydroxylation sites is 1. The van der Waals surface area contributed by atoms with Crippen molar-refractivity contribution >= 4 is 23.1 Å². The molecule has 1 aromatic carbocycles. The molecule has 0 fully saturated rings. The van der Waals surface area contributed by atoms with Crippen molar-refractivity contribution in [3.63, 3.8) is 0 Å². The highest BCUT2D eigenvalue weighted by Gasteiger charge is 2.24. The third-order valence-corrected chi connectivity index (χ3v) is 2.84. The first-order chi connectivity index (χ1) is 8.54. The number of carbonyl (C=O) groups is 1. The first-order valence-electron chi connectivity index (χ1n) is 5.55. The van der Waals surface area contributed by atoms with E-state index in [1.54, 1.807) is 6.92 Å². The van der Waals surface area contributed by atoms with E-state index in [1.807, 2.05) is 25.1 Å². The normalized spacial score (nSPS) is 12.6. The number of benzene rings is 1. The molecule has 6 heteroatoms. The van der Waals surface area contributed by atoms with Crippen molar-refractivity contribution in [1.82, 2.24) is 9.97 Å². The van der Waals surface area contributed by atoms with E-state index < -0.39 is 12.3 Å². The molecule has 0 aliphatic heterocycles. The second-order valence-corrected chi connectivity index (χ2v) is 4.02. The minimum atomic E-state index is -1.11. The predicted molar refractivity (Wildman–Crippen MR) is 67.8 cm³/mol. The SMILES string of the molecule is COC(C)N(C(=O)O)c1nc2c(C)cccc2[nH]1. The molecule has 0 spiro atoms. The molecule has 1 unspecified atom stereocenters. The van der Waals surface area contributed by atoms with Crippen LogP contribution in [0, 0.1) is 6.92 Å². The number of anilines is 1. The summed E-state index contributed by atoms with van der Waals surface area (Å²) in [6.07, 6.45) is -1.72.